The molecule has 1 N–H and O–H groups in total. The molecule has 4 rings (SSSR count). The van der Waals surface area contributed by atoms with Gasteiger partial charge in [0.2, 0.25) is 22.3 Å². The second-order valence-corrected chi connectivity index (χ2v) is 9.88. The number of benzene rings is 3. The number of hydrogen-bond acceptors (Lipinski definition) is 5. The van der Waals surface area contributed by atoms with Crippen molar-refractivity contribution in [2.24, 2.45) is 0 Å². The van der Waals surface area contributed by atoms with Crippen LogP contribution in [-0.4, -0.2) is 62.8 Å². The van der Waals surface area contributed by atoms with Crippen molar-refractivity contribution >= 4 is 33.1 Å². The zero-order valence-corrected chi connectivity index (χ0v) is 19.2. The normalized spacial score (nSPS) is 15.0. The average Bonchev–Trinajstić information content (AvgIpc) is 2.87. The minimum Gasteiger partial charge on any atom is -0.342 e. The molecule has 1 fully saturated rings. The summed E-state index contributed by atoms with van der Waals surface area (Å²) in [5.41, 5.74) is 1.10. The molecule has 2 amide bonds. The van der Waals surface area contributed by atoms with Crippen molar-refractivity contribution in [3.63, 3.8) is 0 Å². The Morgan fingerprint density at radius 1 is 1.00 bits per heavy atom. The molecule has 34 heavy (non-hydrogen) atoms. The maximum absolute atomic E-state index is 13.4. The Bertz CT molecular complexity index is 1360. The van der Waals surface area contributed by atoms with Crippen LogP contribution in [0.15, 0.2) is 71.6 Å². The third-order valence-electron chi connectivity index (χ3n) is 5.90. The monoisotopic (exact) mass is 476 g/mol. The Balaban J connectivity index is 1.62. The molecule has 0 aliphatic carbocycles. The average molecular weight is 477 g/mol. The van der Waals surface area contributed by atoms with E-state index < -0.39 is 16.1 Å². The number of sulfonamides is 1. The summed E-state index contributed by atoms with van der Waals surface area (Å²) in [5.74, 6) is -0.364. The highest BCUT2D eigenvalue weighted by atomic mass is 32.2. The third-order valence-corrected chi connectivity index (χ3v) is 7.37. The second kappa shape index (κ2) is 10.0. The number of hydrogen-bond donors (Lipinski definition) is 1. The van der Waals surface area contributed by atoms with E-state index in [0.717, 1.165) is 17.2 Å². The summed E-state index contributed by atoms with van der Waals surface area (Å²) in [6.07, 6.45) is 0.837. The maximum Gasteiger partial charge on any atom is 0.241 e. The van der Waals surface area contributed by atoms with Crippen molar-refractivity contribution in [1.29, 1.82) is 5.26 Å². The molecule has 9 heteroatoms. The summed E-state index contributed by atoms with van der Waals surface area (Å²) in [6, 6.07) is 20.0. The van der Waals surface area contributed by atoms with Crippen LogP contribution in [0.5, 0.6) is 0 Å². The lowest BCUT2D eigenvalue weighted by atomic mass is 10.0. The van der Waals surface area contributed by atoms with Gasteiger partial charge in [-0.25, -0.2) is 8.42 Å². The first-order valence-electron chi connectivity index (χ1n) is 10.9. The molecule has 0 radical (unpaired) electrons. The number of piperazine rings is 1. The fourth-order valence-electron chi connectivity index (χ4n) is 4.04. The Morgan fingerprint density at radius 2 is 1.74 bits per heavy atom. The van der Waals surface area contributed by atoms with Gasteiger partial charge in [-0.1, -0.05) is 42.5 Å². The molecular formula is C25H24N4O4S. The summed E-state index contributed by atoms with van der Waals surface area (Å²) < 4.78 is 29.2. The lowest BCUT2D eigenvalue weighted by Gasteiger charge is -2.34. The van der Waals surface area contributed by atoms with E-state index in [1.807, 2.05) is 24.3 Å². The predicted molar refractivity (Wildman–Crippen MR) is 127 cm³/mol. The van der Waals surface area contributed by atoms with Crippen LogP contribution in [0.25, 0.3) is 10.8 Å². The summed E-state index contributed by atoms with van der Waals surface area (Å²) in [5, 5.41) is 10.9. The van der Waals surface area contributed by atoms with E-state index in [2.05, 4.69) is 10.8 Å². The molecule has 1 heterocycles. The molecule has 174 valence electrons. The SMILES string of the molecule is N#Cc1cccc(C[C@H](NS(=O)(=O)c2ccc3ccccc3c2)C(=O)N2CCN(C=O)CC2)c1. The van der Waals surface area contributed by atoms with Crippen molar-refractivity contribution in [1.82, 2.24) is 14.5 Å². The molecule has 0 saturated carbocycles. The largest absolute Gasteiger partial charge is 0.342 e. The van der Waals surface area contributed by atoms with Crippen LogP contribution < -0.4 is 4.72 Å². The van der Waals surface area contributed by atoms with Gasteiger partial charge in [-0.2, -0.15) is 9.98 Å². The minimum absolute atomic E-state index is 0.0700. The van der Waals surface area contributed by atoms with E-state index in [-0.39, 0.29) is 17.2 Å². The highest BCUT2D eigenvalue weighted by Crippen LogP contribution is 2.20. The van der Waals surface area contributed by atoms with Crippen molar-refractivity contribution in [3.05, 3.63) is 77.9 Å². The van der Waals surface area contributed by atoms with Crippen LogP contribution in [0.4, 0.5) is 0 Å². The van der Waals surface area contributed by atoms with Crippen LogP contribution in [0, 0.1) is 11.3 Å². The topological polar surface area (TPSA) is 111 Å². The van der Waals surface area contributed by atoms with Crippen molar-refractivity contribution in [3.8, 4) is 6.07 Å². The highest BCUT2D eigenvalue weighted by Gasteiger charge is 2.31. The zero-order chi connectivity index (χ0) is 24.1. The number of carbonyl (C=O) groups excluding carboxylic acids is 2. The molecule has 0 aromatic heterocycles. The van der Waals surface area contributed by atoms with Gasteiger partial charge in [-0.15, -0.1) is 0 Å². The van der Waals surface area contributed by atoms with Crippen molar-refractivity contribution < 1.29 is 18.0 Å². The van der Waals surface area contributed by atoms with E-state index in [1.54, 1.807) is 46.2 Å². The van der Waals surface area contributed by atoms with Gasteiger partial charge in [0.05, 0.1) is 16.5 Å². The number of nitriles is 1. The number of nitrogens with one attached hydrogen (secondary N) is 1. The first-order valence-corrected chi connectivity index (χ1v) is 12.4. The second-order valence-electron chi connectivity index (χ2n) is 8.17. The van der Waals surface area contributed by atoms with Crippen LogP contribution in [0.1, 0.15) is 11.1 Å². The summed E-state index contributed by atoms with van der Waals surface area (Å²) in [4.78, 5) is 27.6. The van der Waals surface area contributed by atoms with Crippen LogP contribution >= 0.6 is 0 Å². The van der Waals surface area contributed by atoms with Gasteiger partial charge in [-0.05, 0) is 47.0 Å². The number of amides is 2. The van der Waals surface area contributed by atoms with E-state index in [0.29, 0.717) is 37.3 Å². The Hall–Kier alpha value is -3.74. The smallest absolute Gasteiger partial charge is 0.241 e. The molecule has 3 aromatic carbocycles. The van der Waals surface area contributed by atoms with Gasteiger partial charge >= 0.3 is 0 Å². The number of nitrogens with zero attached hydrogens (tertiary/aromatic N) is 3. The van der Waals surface area contributed by atoms with Crippen LogP contribution in [0.2, 0.25) is 0 Å². The highest BCUT2D eigenvalue weighted by molar-refractivity contribution is 7.89. The molecule has 1 aliphatic rings. The van der Waals surface area contributed by atoms with Crippen molar-refractivity contribution in [2.75, 3.05) is 26.2 Å². The van der Waals surface area contributed by atoms with E-state index >= 15 is 0 Å². The molecule has 0 bridgehead atoms. The zero-order valence-electron chi connectivity index (χ0n) is 18.4. The molecule has 0 unspecified atom stereocenters. The van der Waals surface area contributed by atoms with Crippen molar-refractivity contribution in [2.45, 2.75) is 17.4 Å². The number of rotatable bonds is 7. The standard InChI is InChI=1S/C25H24N4O4S/c26-17-20-5-3-4-19(14-20)15-24(25(31)29-12-10-28(18-30)11-13-29)27-34(32,33)23-9-8-21-6-1-2-7-22(21)16-23/h1-9,14,16,18,24,27H,10-13,15H2/t24-/m0/s1. The summed E-state index contributed by atoms with van der Waals surface area (Å²) >= 11 is 0. The lowest BCUT2D eigenvalue weighted by molar-refractivity contribution is -0.136. The van der Waals surface area contributed by atoms with E-state index in [4.69, 9.17) is 0 Å². The molecule has 1 saturated heterocycles. The maximum atomic E-state index is 13.4. The molecule has 1 aliphatic heterocycles. The quantitative estimate of drug-likeness (QED) is 0.524. The fraction of sp³-hybridized carbons (Fsp3) is 0.240. The van der Waals surface area contributed by atoms with Gasteiger partial charge in [0.15, 0.2) is 0 Å². The van der Waals surface area contributed by atoms with Gasteiger partial charge in [0.1, 0.15) is 6.04 Å². The fourth-order valence-corrected chi connectivity index (χ4v) is 5.27. The van der Waals surface area contributed by atoms with E-state index in [1.165, 1.54) is 6.07 Å². The summed E-state index contributed by atoms with van der Waals surface area (Å²) in [6.45, 7) is 1.43. The van der Waals surface area contributed by atoms with Crippen LogP contribution in [0.3, 0.4) is 0 Å². The molecule has 1 atom stereocenters. The molecular weight excluding hydrogens is 452 g/mol. The predicted octanol–water partition coefficient (Wildman–Crippen LogP) is 1.90. The molecule has 8 nitrogen and oxygen atoms in total. The third kappa shape index (κ3) is 5.25. The van der Waals surface area contributed by atoms with Gasteiger partial charge in [0.25, 0.3) is 0 Å². The minimum atomic E-state index is -4.01. The molecule has 3 aromatic rings. The molecule has 0 spiro atoms. The van der Waals surface area contributed by atoms with Gasteiger partial charge in [0, 0.05) is 26.2 Å². The number of fused-ring (bicyclic) bond motifs is 1. The first-order chi connectivity index (χ1) is 16.4. The van der Waals surface area contributed by atoms with Crippen LogP contribution in [-0.2, 0) is 26.0 Å². The first kappa shape index (κ1) is 23.4. The number of carbonyl (C=O) groups is 2. The van der Waals surface area contributed by atoms with Gasteiger partial charge in [-0.3, -0.25) is 9.59 Å². The lowest BCUT2D eigenvalue weighted by Crippen LogP contribution is -2.55. The Labute approximate surface area is 198 Å². The van der Waals surface area contributed by atoms with E-state index in [9.17, 15) is 23.3 Å². The van der Waals surface area contributed by atoms with Gasteiger partial charge < -0.3 is 9.80 Å². The Kier molecular flexibility index (Phi) is 6.91. The summed E-state index contributed by atoms with van der Waals surface area (Å²) in [7, 11) is -4.01. The Morgan fingerprint density at radius 3 is 2.44 bits per heavy atom.